The number of hydrogen-bond acceptors (Lipinski definition) is 8. The summed E-state index contributed by atoms with van der Waals surface area (Å²) < 4.78 is 22.3. The van der Waals surface area contributed by atoms with Crippen molar-refractivity contribution in [2.45, 2.75) is 148 Å². The highest BCUT2D eigenvalue weighted by Crippen LogP contribution is 2.10. The van der Waals surface area contributed by atoms with Gasteiger partial charge in [-0.2, -0.15) is 0 Å². The van der Waals surface area contributed by atoms with Crippen molar-refractivity contribution < 1.29 is 42.9 Å². The first kappa shape index (κ1) is 52.5. The van der Waals surface area contributed by atoms with Crippen LogP contribution < -0.4 is 5.11 Å². The second-order valence-electron chi connectivity index (χ2n) is 14.9. The average molecular weight is 784 g/mol. The summed E-state index contributed by atoms with van der Waals surface area (Å²) >= 11 is 0. The molecule has 0 bridgehead atoms. The molecule has 9 nitrogen and oxygen atoms in total. The van der Waals surface area contributed by atoms with Crippen molar-refractivity contribution in [2.75, 3.05) is 47.5 Å². The molecule has 56 heavy (non-hydrogen) atoms. The zero-order valence-electron chi connectivity index (χ0n) is 35.7. The lowest BCUT2D eigenvalue weighted by molar-refractivity contribution is -0.870. The van der Waals surface area contributed by atoms with E-state index in [-0.39, 0.29) is 32.7 Å². The maximum absolute atomic E-state index is 12.7. The monoisotopic (exact) mass is 784 g/mol. The van der Waals surface area contributed by atoms with Crippen LogP contribution in [0.1, 0.15) is 136 Å². The van der Waals surface area contributed by atoms with Gasteiger partial charge in [0.1, 0.15) is 13.2 Å². The fourth-order valence-corrected chi connectivity index (χ4v) is 5.11. The molecule has 0 heterocycles. The Labute approximate surface area is 340 Å². The Morgan fingerprint density at radius 2 is 1.07 bits per heavy atom. The molecule has 9 heteroatoms. The lowest BCUT2D eigenvalue weighted by Gasteiger charge is -2.26. The molecule has 0 radical (unpaired) electrons. The topological polar surface area (TPSA) is 111 Å². The van der Waals surface area contributed by atoms with Gasteiger partial charge in [-0.05, 0) is 70.6 Å². The molecule has 0 spiro atoms. The molecule has 318 valence electrons. The molecule has 0 saturated carbocycles. The maximum Gasteiger partial charge on any atom is 0.310 e. The molecule has 0 fully saturated rings. The van der Waals surface area contributed by atoms with Crippen LogP contribution in [0, 0.1) is 0 Å². The van der Waals surface area contributed by atoms with Crippen LogP contribution in [-0.4, -0.2) is 82.3 Å². The first-order valence-electron chi connectivity index (χ1n) is 21.2. The molecule has 2 unspecified atom stereocenters. The van der Waals surface area contributed by atoms with Crippen LogP contribution >= 0.6 is 0 Å². The van der Waals surface area contributed by atoms with E-state index in [0.717, 1.165) is 64.2 Å². The lowest BCUT2D eigenvalue weighted by atomic mass is 10.1. The van der Waals surface area contributed by atoms with Crippen molar-refractivity contribution in [3.05, 3.63) is 85.1 Å². The molecule has 0 N–H and O–H groups in total. The Morgan fingerprint density at radius 1 is 0.571 bits per heavy atom. The molecule has 0 saturated heterocycles. The number of hydrogen-bond donors (Lipinski definition) is 0. The number of quaternary nitrogens is 1. The van der Waals surface area contributed by atoms with E-state index in [4.69, 9.17) is 18.9 Å². The highest BCUT2D eigenvalue weighted by molar-refractivity contribution is 5.71. The minimum Gasteiger partial charge on any atom is -0.545 e. The summed E-state index contributed by atoms with van der Waals surface area (Å²) in [6, 6.07) is 0. The zero-order valence-corrected chi connectivity index (χ0v) is 35.7. The predicted octanol–water partition coefficient (Wildman–Crippen LogP) is 9.60. The third kappa shape index (κ3) is 38.7. The minimum absolute atomic E-state index is 0.00785. The number of ether oxygens (including phenoxy) is 4. The number of carboxylic acids is 1. The first-order valence-corrected chi connectivity index (χ1v) is 21.2. The molecule has 0 aliphatic heterocycles. The quantitative estimate of drug-likeness (QED) is 0.0202. The van der Waals surface area contributed by atoms with E-state index in [1.54, 1.807) is 6.08 Å². The largest absolute Gasteiger partial charge is 0.545 e. The third-order valence-electron chi connectivity index (χ3n) is 8.41. The Hall–Kier alpha value is -3.53. The van der Waals surface area contributed by atoms with E-state index in [1.807, 2.05) is 33.3 Å². The molecule has 0 rings (SSSR count). The normalized spacial score (nSPS) is 13.8. The Bertz CT molecular complexity index is 1190. The van der Waals surface area contributed by atoms with Gasteiger partial charge in [-0.1, -0.05) is 137 Å². The van der Waals surface area contributed by atoms with E-state index in [0.29, 0.717) is 23.9 Å². The number of aliphatic carboxylic acids is 1. The van der Waals surface area contributed by atoms with Crippen LogP contribution in [0.15, 0.2) is 85.1 Å². The summed E-state index contributed by atoms with van der Waals surface area (Å²) in [5, 5.41) is 11.7. The number of likely N-dealkylation sites (N-methyl/N-ethyl adjacent to an activating group) is 1. The number of carboxylic acid groups (broad SMARTS) is 1. The Morgan fingerprint density at radius 3 is 1.61 bits per heavy atom. The summed E-state index contributed by atoms with van der Waals surface area (Å²) in [7, 11) is 5.86. The van der Waals surface area contributed by atoms with Gasteiger partial charge in [-0.15, -0.1) is 0 Å². The fourth-order valence-electron chi connectivity index (χ4n) is 5.11. The molecule has 0 aromatic rings. The summed E-state index contributed by atoms with van der Waals surface area (Å²) in [5.41, 5.74) is 0. The molecule has 0 amide bonds. The number of allylic oxidation sites excluding steroid dienone is 13. The second kappa shape index (κ2) is 38.3. The van der Waals surface area contributed by atoms with Gasteiger partial charge in [0.25, 0.3) is 0 Å². The van der Waals surface area contributed by atoms with Gasteiger partial charge in [-0.3, -0.25) is 9.59 Å². The highest BCUT2D eigenvalue weighted by Gasteiger charge is 2.21. The molecule has 2 atom stereocenters. The van der Waals surface area contributed by atoms with Gasteiger partial charge >= 0.3 is 11.9 Å². The van der Waals surface area contributed by atoms with Crippen molar-refractivity contribution in [3.8, 4) is 0 Å². The molecule has 0 aromatic heterocycles. The summed E-state index contributed by atoms with van der Waals surface area (Å²) in [6.07, 6.45) is 45.0. The second-order valence-corrected chi connectivity index (χ2v) is 14.9. The van der Waals surface area contributed by atoms with Crippen LogP contribution in [0.3, 0.4) is 0 Å². The number of carbonyl (C=O) groups is 3. The number of carbonyl (C=O) groups excluding carboxylic acids is 3. The Balaban J connectivity index is 4.65. The summed E-state index contributed by atoms with van der Waals surface area (Å²) in [5.74, 6) is -2.49. The van der Waals surface area contributed by atoms with Crippen LogP contribution in [0.25, 0.3) is 0 Å². The summed E-state index contributed by atoms with van der Waals surface area (Å²) in [4.78, 5) is 36.8. The number of esters is 2. The highest BCUT2D eigenvalue weighted by atomic mass is 16.7. The minimum atomic E-state index is -1.65. The van der Waals surface area contributed by atoms with Crippen LogP contribution in [0.4, 0.5) is 0 Å². The van der Waals surface area contributed by atoms with Crippen molar-refractivity contribution >= 4 is 17.9 Å². The molecular weight excluding hydrogens is 707 g/mol. The molecule has 0 aromatic carbocycles. The van der Waals surface area contributed by atoms with Gasteiger partial charge in [0.2, 0.25) is 0 Å². The van der Waals surface area contributed by atoms with Gasteiger partial charge in [-0.25, -0.2) is 0 Å². The van der Waals surface area contributed by atoms with Crippen molar-refractivity contribution in [2.24, 2.45) is 0 Å². The van der Waals surface area contributed by atoms with Crippen LogP contribution in [0.5, 0.6) is 0 Å². The van der Waals surface area contributed by atoms with E-state index >= 15 is 0 Å². The smallest absolute Gasteiger partial charge is 0.310 e. The third-order valence-corrected chi connectivity index (χ3v) is 8.41. The predicted molar refractivity (Wildman–Crippen MR) is 227 cm³/mol. The van der Waals surface area contributed by atoms with Crippen LogP contribution in [0.2, 0.25) is 0 Å². The van der Waals surface area contributed by atoms with Gasteiger partial charge in [0.05, 0.1) is 46.7 Å². The van der Waals surface area contributed by atoms with E-state index < -0.39 is 30.3 Å². The van der Waals surface area contributed by atoms with Crippen molar-refractivity contribution in [1.29, 1.82) is 0 Å². The van der Waals surface area contributed by atoms with Gasteiger partial charge < -0.3 is 33.3 Å². The SMILES string of the molecule is CC/C=C\C/C=C\C/C=C\C/C=C\C/C=C\CC(=O)OC(COC(=O)CCCCCCC/C=C\C/C=C\CCCCCC)COC(OCC[N+](C)(C)C)C(=O)[O-]. The number of nitrogens with zero attached hydrogens (tertiary/aromatic N) is 1. The maximum atomic E-state index is 12.7. The number of unbranched alkanes of at least 4 members (excludes halogenated alkanes) is 9. The van der Waals surface area contributed by atoms with Gasteiger partial charge in [0.15, 0.2) is 12.4 Å². The number of rotatable bonds is 37. The van der Waals surface area contributed by atoms with Crippen molar-refractivity contribution in [3.63, 3.8) is 0 Å². The average Bonchev–Trinajstić information content (AvgIpc) is 3.15. The summed E-state index contributed by atoms with van der Waals surface area (Å²) in [6.45, 7) is 4.44. The van der Waals surface area contributed by atoms with Crippen molar-refractivity contribution in [1.82, 2.24) is 0 Å². The standard InChI is InChI=1S/C47H77NO8/c1-6-8-10-12-14-16-18-20-22-24-25-27-29-31-33-35-37-44(49)54-41-43(42-55-47(46(51)52)53-40-39-48(3,4)5)56-45(50)38-36-34-32-30-28-26-23-21-19-17-15-13-11-9-7-2/h9,11,15-18,21-24,28,30,34,36,43,47H,6-8,10,12-14,19-20,25-27,29,31-33,35,37-42H2,1-5H3/b11-9-,17-15-,18-16-,23-21-,24-22-,30-28-,36-34-. The van der Waals surface area contributed by atoms with Crippen LogP contribution in [-0.2, 0) is 33.3 Å². The van der Waals surface area contributed by atoms with E-state index in [1.165, 1.54) is 32.1 Å². The molecular formula is C47H77NO8. The zero-order chi connectivity index (χ0) is 41.4. The van der Waals surface area contributed by atoms with E-state index in [9.17, 15) is 19.5 Å². The molecule has 0 aliphatic carbocycles. The lowest BCUT2D eigenvalue weighted by Crippen LogP contribution is -2.44. The van der Waals surface area contributed by atoms with Gasteiger partial charge in [0, 0.05) is 6.42 Å². The Kier molecular flexibility index (Phi) is 35.9. The van der Waals surface area contributed by atoms with E-state index in [2.05, 4.69) is 80.7 Å². The first-order chi connectivity index (χ1) is 27.1. The fraction of sp³-hybridized carbons (Fsp3) is 0.638. The molecule has 0 aliphatic rings.